The van der Waals surface area contributed by atoms with Crippen molar-refractivity contribution in [1.82, 2.24) is 10.2 Å². The van der Waals surface area contributed by atoms with E-state index in [1.165, 1.54) is 12.0 Å². The van der Waals surface area contributed by atoms with Gasteiger partial charge in [-0.1, -0.05) is 88.7 Å². The van der Waals surface area contributed by atoms with Crippen molar-refractivity contribution in [3.63, 3.8) is 0 Å². The van der Waals surface area contributed by atoms with Crippen LogP contribution >= 0.6 is 15.9 Å². The third-order valence-electron chi connectivity index (χ3n) is 10.5. The number of benzene rings is 3. The van der Waals surface area contributed by atoms with Gasteiger partial charge in [-0.05, 0) is 47.7 Å². The summed E-state index contributed by atoms with van der Waals surface area (Å²) in [5.41, 5.74) is -0.0889. The molecule has 12 heteroatoms. The maximum absolute atomic E-state index is 15.0. The van der Waals surface area contributed by atoms with E-state index in [0.29, 0.717) is 24.1 Å². The third-order valence-corrected chi connectivity index (χ3v) is 11.3. The van der Waals surface area contributed by atoms with Crippen LogP contribution in [0.4, 0.5) is 5.69 Å². The number of anilines is 1. The van der Waals surface area contributed by atoms with Gasteiger partial charge in [0.05, 0.1) is 30.6 Å². The number of nitrogens with zero attached hydrogens (tertiary/aromatic N) is 2. The van der Waals surface area contributed by atoms with Crippen LogP contribution in [0.1, 0.15) is 37.4 Å². The highest BCUT2D eigenvalue weighted by molar-refractivity contribution is 9.09. The number of methoxy groups -OCH3 is 1. The summed E-state index contributed by atoms with van der Waals surface area (Å²) in [6.07, 6.45) is 2.76. The van der Waals surface area contributed by atoms with Crippen LogP contribution in [-0.2, 0) is 33.4 Å². The molecule has 0 radical (unpaired) electrons. The van der Waals surface area contributed by atoms with Crippen LogP contribution < -0.4 is 10.2 Å². The molecule has 3 amide bonds. The standard InChI is InChI=1S/C41H46BrN3O8/c1-4-6-17-32(47)43-31(25-51-3)35(27-14-8-7-9-15-27)52-40(50)33-34-38(48)45(21-12-22-46)37(41(34)24-30(42)36(33)53-41)39(49)44(20-5-2)29-19-18-26-13-10-11-16-28(26)23-29/h4-5,7-11,13-16,18-19,23,30-31,33-37,46H,1-2,6,12,17,20-22,24-25H2,3H3,(H,43,47)/t30?,31-,33-,34+,35-,36-,37-,41+/m0/s1. The first kappa shape index (κ1) is 38.4. The zero-order valence-electron chi connectivity index (χ0n) is 29.8. The first-order valence-corrected chi connectivity index (χ1v) is 18.9. The van der Waals surface area contributed by atoms with E-state index in [4.69, 9.17) is 14.2 Å². The number of halogens is 1. The van der Waals surface area contributed by atoms with Gasteiger partial charge in [-0.15, -0.1) is 13.2 Å². The molecule has 1 spiro atoms. The summed E-state index contributed by atoms with van der Waals surface area (Å²) in [6.45, 7) is 7.70. The van der Waals surface area contributed by atoms with Gasteiger partial charge in [0.25, 0.3) is 5.91 Å². The quantitative estimate of drug-likeness (QED) is 0.113. The van der Waals surface area contributed by atoms with Crippen LogP contribution in [0, 0.1) is 11.8 Å². The van der Waals surface area contributed by atoms with Gasteiger partial charge in [-0.3, -0.25) is 19.2 Å². The van der Waals surface area contributed by atoms with E-state index in [9.17, 15) is 24.3 Å². The molecule has 0 aliphatic carbocycles. The maximum atomic E-state index is 15.0. The van der Waals surface area contributed by atoms with E-state index >= 15 is 0 Å². The zero-order valence-corrected chi connectivity index (χ0v) is 31.4. The number of alkyl halides is 1. The van der Waals surface area contributed by atoms with Crippen molar-refractivity contribution in [3.05, 3.63) is 104 Å². The van der Waals surface area contributed by atoms with E-state index in [1.807, 2.05) is 60.7 Å². The van der Waals surface area contributed by atoms with Crippen molar-refractivity contribution < 1.29 is 38.5 Å². The van der Waals surface area contributed by atoms with E-state index in [2.05, 4.69) is 34.4 Å². The van der Waals surface area contributed by atoms with Gasteiger partial charge in [0.15, 0.2) is 0 Å². The number of likely N-dealkylation sites (tertiary alicyclic amines) is 1. The number of carbonyl (C=O) groups is 4. The Kier molecular flexibility index (Phi) is 12.1. The molecule has 3 aliphatic heterocycles. The Morgan fingerprint density at radius 3 is 2.53 bits per heavy atom. The van der Waals surface area contributed by atoms with E-state index in [0.717, 1.165) is 10.8 Å². The second-order valence-corrected chi connectivity index (χ2v) is 14.9. The van der Waals surface area contributed by atoms with Crippen molar-refractivity contribution in [3.8, 4) is 0 Å². The summed E-state index contributed by atoms with van der Waals surface area (Å²) >= 11 is 3.74. The monoisotopic (exact) mass is 787 g/mol. The highest BCUT2D eigenvalue weighted by Crippen LogP contribution is 2.60. The van der Waals surface area contributed by atoms with Crippen molar-refractivity contribution in [2.75, 3.05) is 38.3 Å². The number of aliphatic hydroxyl groups is 1. The van der Waals surface area contributed by atoms with Crippen LogP contribution in [0.3, 0.4) is 0 Å². The third kappa shape index (κ3) is 7.42. The number of hydrogen-bond donors (Lipinski definition) is 2. The van der Waals surface area contributed by atoms with Crippen molar-refractivity contribution in [2.24, 2.45) is 11.8 Å². The molecule has 3 aliphatic rings. The molecular formula is C41H46BrN3O8. The van der Waals surface area contributed by atoms with Crippen LogP contribution in [0.15, 0.2) is 98.1 Å². The molecule has 11 nitrogen and oxygen atoms in total. The Balaban J connectivity index is 1.36. The van der Waals surface area contributed by atoms with Gasteiger partial charge >= 0.3 is 5.97 Å². The van der Waals surface area contributed by atoms with Crippen LogP contribution in [0.2, 0.25) is 0 Å². The minimum Gasteiger partial charge on any atom is -0.455 e. The van der Waals surface area contributed by atoms with Gasteiger partial charge in [0.1, 0.15) is 17.7 Å². The van der Waals surface area contributed by atoms with Crippen LogP contribution in [0.25, 0.3) is 10.8 Å². The molecular weight excluding hydrogens is 742 g/mol. The van der Waals surface area contributed by atoms with E-state index in [-0.39, 0.29) is 55.8 Å². The van der Waals surface area contributed by atoms with Crippen molar-refractivity contribution in [1.29, 1.82) is 0 Å². The Hall–Kier alpha value is -4.36. The number of allylic oxidation sites excluding steroid dienone is 1. The Bertz CT molecular complexity index is 1840. The smallest absolute Gasteiger partial charge is 0.313 e. The summed E-state index contributed by atoms with van der Waals surface area (Å²) in [4.78, 5) is 59.8. The van der Waals surface area contributed by atoms with Crippen molar-refractivity contribution >= 4 is 56.1 Å². The predicted octanol–water partition coefficient (Wildman–Crippen LogP) is 4.87. The number of amides is 3. The molecule has 8 atom stereocenters. The fourth-order valence-electron chi connectivity index (χ4n) is 8.23. The Morgan fingerprint density at radius 2 is 1.83 bits per heavy atom. The molecule has 3 aromatic carbocycles. The Labute approximate surface area is 318 Å². The molecule has 0 aromatic heterocycles. The molecule has 53 heavy (non-hydrogen) atoms. The van der Waals surface area contributed by atoms with Gasteiger partial charge in [-0.25, -0.2) is 0 Å². The fourth-order valence-corrected chi connectivity index (χ4v) is 9.17. The number of hydrogen-bond acceptors (Lipinski definition) is 8. The summed E-state index contributed by atoms with van der Waals surface area (Å²) in [7, 11) is 1.50. The molecule has 3 saturated heterocycles. The highest BCUT2D eigenvalue weighted by Gasteiger charge is 2.77. The number of rotatable bonds is 17. The lowest BCUT2D eigenvalue weighted by Crippen LogP contribution is -2.57. The topological polar surface area (TPSA) is 135 Å². The van der Waals surface area contributed by atoms with Gasteiger partial charge in [-0.2, -0.15) is 0 Å². The number of ether oxygens (including phenoxy) is 3. The first-order valence-electron chi connectivity index (χ1n) is 18.0. The van der Waals surface area contributed by atoms with Crippen LogP contribution in [0.5, 0.6) is 0 Å². The minimum atomic E-state index is -1.35. The average Bonchev–Trinajstić information content (AvgIpc) is 3.76. The minimum absolute atomic E-state index is 0.0457. The molecule has 1 unspecified atom stereocenters. The van der Waals surface area contributed by atoms with Gasteiger partial charge < -0.3 is 34.4 Å². The van der Waals surface area contributed by atoms with Gasteiger partial charge in [0.2, 0.25) is 11.8 Å². The lowest BCUT2D eigenvalue weighted by Gasteiger charge is -2.37. The average molecular weight is 789 g/mol. The van der Waals surface area contributed by atoms with E-state index < -0.39 is 53.6 Å². The lowest BCUT2D eigenvalue weighted by molar-refractivity contribution is -0.163. The maximum Gasteiger partial charge on any atom is 0.313 e. The fraction of sp³-hybridized carbons (Fsp3) is 0.415. The molecule has 6 rings (SSSR count). The molecule has 0 saturated carbocycles. The molecule has 3 aromatic rings. The predicted molar refractivity (Wildman–Crippen MR) is 204 cm³/mol. The summed E-state index contributed by atoms with van der Waals surface area (Å²) in [5, 5.41) is 14.8. The largest absolute Gasteiger partial charge is 0.455 e. The number of nitrogens with one attached hydrogen (secondary N) is 1. The molecule has 3 fully saturated rings. The van der Waals surface area contributed by atoms with E-state index in [1.54, 1.807) is 29.2 Å². The number of aliphatic hydroxyl groups excluding tert-OH is 1. The summed E-state index contributed by atoms with van der Waals surface area (Å²) in [6, 6.07) is 20.8. The molecule has 3 heterocycles. The van der Waals surface area contributed by atoms with Gasteiger partial charge in [0, 0.05) is 43.7 Å². The zero-order chi connectivity index (χ0) is 37.7. The molecule has 280 valence electrons. The SMILES string of the molecule is C=CCCC(=O)N[C@@H](COC)[C@@H](OC(=O)[C@@H]1[C@H]2O[C@@]3(CC2Br)[C@H](C(=O)N(CC=C)c2ccc4ccccc4c2)N(CCCO)C(=O)[C@@H]13)c1ccccc1. The van der Waals surface area contributed by atoms with Crippen LogP contribution in [-0.4, -0.2) is 95.7 Å². The highest BCUT2D eigenvalue weighted by atomic mass is 79.9. The number of esters is 1. The normalized spacial score (nSPS) is 25.5. The molecule has 2 bridgehead atoms. The second-order valence-electron chi connectivity index (χ2n) is 13.8. The summed E-state index contributed by atoms with van der Waals surface area (Å²) in [5.74, 6) is -3.79. The van der Waals surface area contributed by atoms with Crippen molar-refractivity contribution in [2.45, 2.75) is 60.4 Å². The summed E-state index contributed by atoms with van der Waals surface area (Å²) < 4.78 is 18.5. The first-order chi connectivity index (χ1) is 25.7. The lowest BCUT2D eigenvalue weighted by atomic mass is 9.70. The number of carbonyl (C=O) groups excluding carboxylic acids is 4. The second kappa shape index (κ2) is 16.8. The number of fused-ring (bicyclic) bond motifs is 2. The molecule has 2 N–H and O–H groups in total. The Morgan fingerprint density at radius 1 is 1.09 bits per heavy atom.